The number of halogens is 2. The van der Waals surface area contributed by atoms with Gasteiger partial charge in [-0.3, -0.25) is 0 Å². The van der Waals surface area contributed by atoms with E-state index in [1.54, 1.807) is 12.1 Å². The summed E-state index contributed by atoms with van der Waals surface area (Å²) >= 11 is 11.9. The Balaban J connectivity index is 2.13. The first kappa shape index (κ1) is 16.4. The fraction of sp³-hybridized carbons (Fsp3) is 0.273. The van der Waals surface area contributed by atoms with Crippen molar-refractivity contribution in [2.75, 3.05) is 7.05 Å². The van der Waals surface area contributed by atoms with Crippen molar-refractivity contribution in [2.45, 2.75) is 18.0 Å². The Morgan fingerprint density at radius 1 is 1.25 bits per heavy atom. The van der Waals surface area contributed by atoms with Crippen LogP contribution in [-0.4, -0.2) is 15.5 Å². The lowest BCUT2D eigenvalue weighted by Crippen LogP contribution is -2.22. The van der Waals surface area contributed by atoms with Crippen molar-refractivity contribution in [1.82, 2.24) is 10.0 Å². The second-order valence-corrected chi connectivity index (χ2v) is 9.90. The average Bonchev–Trinajstić information content (AvgIpc) is 2.94. The molecule has 110 valence electrons. The lowest BCUT2D eigenvalue weighted by atomic mass is 10.5. The first-order valence-electron chi connectivity index (χ1n) is 5.59. The smallest absolute Gasteiger partial charge is 0.242 e. The SMILES string of the molecule is CNCc1cc(S(=O)(=O)NCc2ccc(Cl)s2)c(Br)s1. The largest absolute Gasteiger partial charge is 0.315 e. The van der Waals surface area contributed by atoms with Gasteiger partial charge in [-0.25, -0.2) is 13.1 Å². The van der Waals surface area contributed by atoms with Crippen LogP contribution in [0.5, 0.6) is 0 Å². The van der Waals surface area contributed by atoms with E-state index in [2.05, 4.69) is 26.0 Å². The van der Waals surface area contributed by atoms with Crippen LogP contribution < -0.4 is 10.0 Å². The first-order chi connectivity index (χ1) is 9.42. The van der Waals surface area contributed by atoms with E-state index >= 15 is 0 Å². The standard InChI is InChI=1S/C11H12BrClN2O2S3/c1-14-5-8-4-9(11(12)19-8)20(16,17)15-6-7-2-3-10(13)18-7/h2-4,14-15H,5-6H2,1H3. The number of nitrogens with one attached hydrogen (secondary N) is 2. The summed E-state index contributed by atoms with van der Waals surface area (Å²) in [4.78, 5) is 2.11. The molecule has 0 aliphatic rings. The minimum atomic E-state index is -3.53. The van der Waals surface area contributed by atoms with Crippen LogP contribution in [-0.2, 0) is 23.1 Å². The molecular formula is C11H12BrClN2O2S3. The third-order valence-corrected chi connectivity index (χ3v) is 7.30. The van der Waals surface area contributed by atoms with Crippen LogP contribution in [0.25, 0.3) is 0 Å². The molecule has 0 aliphatic heterocycles. The first-order valence-corrected chi connectivity index (χ1v) is 9.88. The van der Waals surface area contributed by atoms with E-state index in [1.807, 2.05) is 13.1 Å². The second-order valence-electron chi connectivity index (χ2n) is 3.91. The summed E-state index contributed by atoms with van der Waals surface area (Å²) in [6, 6.07) is 5.24. The second kappa shape index (κ2) is 6.87. The van der Waals surface area contributed by atoms with Crippen molar-refractivity contribution in [2.24, 2.45) is 0 Å². The third kappa shape index (κ3) is 4.03. The molecule has 0 saturated heterocycles. The van der Waals surface area contributed by atoms with Gasteiger partial charge >= 0.3 is 0 Å². The van der Waals surface area contributed by atoms with E-state index in [1.165, 1.54) is 22.7 Å². The van der Waals surface area contributed by atoms with Crippen LogP contribution >= 0.6 is 50.2 Å². The highest BCUT2D eigenvalue weighted by Crippen LogP contribution is 2.32. The molecule has 2 aromatic rings. The van der Waals surface area contributed by atoms with Crippen LogP contribution in [0.15, 0.2) is 26.9 Å². The number of sulfonamides is 1. The van der Waals surface area contributed by atoms with Crippen molar-refractivity contribution in [3.63, 3.8) is 0 Å². The molecule has 4 nitrogen and oxygen atoms in total. The molecule has 0 radical (unpaired) electrons. The Hall–Kier alpha value is 0.0400. The van der Waals surface area contributed by atoms with Crippen LogP contribution in [0.2, 0.25) is 4.34 Å². The van der Waals surface area contributed by atoms with Gasteiger partial charge in [-0.05, 0) is 41.2 Å². The molecule has 0 aromatic carbocycles. The fourth-order valence-corrected chi connectivity index (χ4v) is 6.35. The molecular weight excluding hydrogens is 404 g/mol. The summed E-state index contributed by atoms with van der Waals surface area (Å²) < 4.78 is 28.4. The molecule has 20 heavy (non-hydrogen) atoms. The summed E-state index contributed by atoms with van der Waals surface area (Å²) in [6.45, 7) is 0.878. The van der Waals surface area contributed by atoms with Crippen molar-refractivity contribution in [3.8, 4) is 0 Å². The Bertz CT molecular complexity index is 696. The zero-order valence-corrected chi connectivity index (χ0v) is 15.2. The van der Waals surface area contributed by atoms with E-state index in [0.29, 0.717) is 14.7 Å². The highest BCUT2D eigenvalue weighted by atomic mass is 79.9. The van der Waals surface area contributed by atoms with Gasteiger partial charge in [0.25, 0.3) is 0 Å². The molecule has 2 N–H and O–H groups in total. The number of hydrogen-bond donors (Lipinski definition) is 2. The maximum Gasteiger partial charge on any atom is 0.242 e. The maximum atomic E-state index is 12.3. The van der Waals surface area contributed by atoms with Gasteiger partial charge in [-0.1, -0.05) is 11.6 Å². The van der Waals surface area contributed by atoms with E-state index in [9.17, 15) is 8.42 Å². The molecule has 9 heteroatoms. The molecule has 0 fully saturated rings. The van der Waals surface area contributed by atoms with Gasteiger partial charge < -0.3 is 5.32 Å². The zero-order chi connectivity index (χ0) is 14.8. The fourth-order valence-electron chi connectivity index (χ4n) is 1.53. The van der Waals surface area contributed by atoms with Gasteiger partial charge in [0.2, 0.25) is 10.0 Å². The zero-order valence-electron chi connectivity index (χ0n) is 10.4. The monoisotopic (exact) mass is 414 g/mol. The molecule has 0 unspecified atom stereocenters. The third-order valence-electron chi connectivity index (χ3n) is 2.41. The number of rotatable bonds is 6. The molecule has 0 saturated carbocycles. The Kier molecular flexibility index (Phi) is 5.63. The van der Waals surface area contributed by atoms with E-state index in [-0.39, 0.29) is 11.4 Å². The summed E-state index contributed by atoms with van der Waals surface area (Å²) in [6.07, 6.45) is 0. The predicted octanol–water partition coefficient (Wildman–Crippen LogP) is 3.42. The molecule has 0 amide bonds. The minimum Gasteiger partial charge on any atom is -0.315 e. The summed E-state index contributed by atoms with van der Waals surface area (Å²) in [7, 11) is -1.71. The molecule has 2 heterocycles. The Morgan fingerprint density at radius 3 is 2.60 bits per heavy atom. The van der Waals surface area contributed by atoms with E-state index in [4.69, 9.17) is 11.6 Å². The number of hydrogen-bond acceptors (Lipinski definition) is 5. The van der Waals surface area contributed by atoms with Gasteiger partial charge in [0.15, 0.2) is 0 Å². The predicted molar refractivity (Wildman–Crippen MR) is 88.1 cm³/mol. The lowest BCUT2D eigenvalue weighted by molar-refractivity contribution is 0.581. The van der Waals surface area contributed by atoms with Gasteiger partial charge in [0.1, 0.15) is 4.90 Å². The van der Waals surface area contributed by atoms with Crippen molar-refractivity contribution in [1.29, 1.82) is 0 Å². The Morgan fingerprint density at radius 2 is 2.00 bits per heavy atom. The molecule has 2 aromatic heterocycles. The molecule has 0 bridgehead atoms. The highest BCUT2D eigenvalue weighted by molar-refractivity contribution is 9.11. The van der Waals surface area contributed by atoms with E-state index < -0.39 is 10.0 Å². The molecule has 2 rings (SSSR count). The quantitative estimate of drug-likeness (QED) is 0.760. The average molecular weight is 416 g/mol. The van der Waals surface area contributed by atoms with Crippen molar-refractivity contribution >= 4 is 60.2 Å². The minimum absolute atomic E-state index is 0.239. The van der Waals surface area contributed by atoms with Crippen molar-refractivity contribution < 1.29 is 8.42 Å². The van der Waals surface area contributed by atoms with Crippen LogP contribution in [0, 0.1) is 0 Å². The summed E-state index contributed by atoms with van der Waals surface area (Å²) in [5.74, 6) is 0. The maximum absolute atomic E-state index is 12.3. The topological polar surface area (TPSA) is 58.2 Å². The van der Waals surface area contributed by atoms with Gasteiger partial charge in [0, 0.05) is 22.8 Å². The van der Waals surface area contributed by atoms with E-state index in [0.717, 1.165) is 9.75 Å². The van der Waals surface area contributed by atoms with Crippen LogP contribution in [0.3, 0.4) is 0 Å². The molecule has 0 aliphatic carbocycles. The van der Waals surface area contributed by atoms with Crippen molar-refractivity contribution in [3.05, 3.63) is 36.1 Å². The molecule has 0 spiro atoms. The number of thiophene rings is 2. The van der Waals surface area contributed by atoms with Crippen LogP contribution in [0.4, 0.5) is 0 Å². The van der Waals surface area contributed by atoms with Gasteiger partial charge in [-0.2, -0.15) is 0 Å². The summed E-state index contributed by atoms with van der Waals surface area (Å²) in [5, 5.41) is 3.00. The van der Waals surface area contributed by atoms with Gasteiger partial charge in [-0.15, -0.1) is 22.7 Å². The molecule has 0 atom stereocenters. The highest BCUT2D eigenvalue weighted by Gasteiger charge is 2.20. The lowest BCUT2D eigenvalue weighted by Gasteiger charge is -2.04. The normalized spacial score (nSPS) is 11.9. The Labute approximate surface area is 139 Å². The van der Waals surface area contributed by atoms with Crippen LogP contribution in [0.1, 0.15) is 9.75 Å². The van der Waals surface area contributed by atoms with Gasteiger partial charge in [0.05, 0.1) is 8.12 Å². The summed E-state index contributed by atoms with van der Waals surface area (Å²) in [5.41, 5.74) is 0.